The lowest BCUT2D eigenvalue weighted by atomic mass is 10.0. The number of methoxy groups -OCH3 is 1. The summed E-state index contributed by atoms with van der Waals surface area (Å²) in [6.45, 7) is 5.73. The molecule has 2 rings (SSSR count). The van der Waals surface area contributed by atoms with Crippen molar-refractivity contribution in [1.29, 1.82) is 0 Å². The number of nitrogen functional groups attached to an aromatic ring is 1. The third-order valence-electron chi connectivity index (χ3n) is 4.20. The second-order valence-corrected chi connectivity index (χ2v) is 5.17. The summed E-state index contributed by atoms with van der Waals surface area (Å²) in [5.74, 6) is 0.760. The summed E-state index contributed by atoms with van der Waals surface area (Å²) in [5, 5.41) is 0. The number of nitrogens with zero attached hydrogens (tertiary/aromatic N) is 2. The van der Waals surface area contributed by atoms with Crippen LogP contribution >= 0.6 is 0 Å². The van der Waals surface area contributed by atoms with E-state index in [9.17, 15) is 0 Å². The zero-order valence-corrected chi connectivity index (χ0v) is 12.2. The Labute approximate surface area is 116 Å². The number of ether oxygens (including phenoxy) is 1. The number of anilines is 2. The molecule has 106 valence electrons. The van der Waals surface area contributed by atoms with Gasteiger partial charge in [0, 0.05) is 26.2 Å². The predicted molar refractivity (Wildman–Crippen MR) is 80.9 cm³/mol. The van der Waals surface area contributed by atoms with Gasteiger partial charge in [0.1, 0.15) is 5.75 Å². The topological polar surface area (TPSA) is 41.7 Å². The van der Waals surface area contributed by atoms with Crippen molar-refractivity contribution in [2.45, 2.75) is 25.8 Å². The molecule has 1 heterocycles. The summed E-state index contributed by atoms with van der Waals surface area (Å²) in [4.78, 5) is 4.81. The number of benzene rings is 1. The van der Waals surface area contributed by atoms with Crippen molar-refractivity contribution < 1.29 is 4.74 Å². The average molecular weight is 263 g/mol. The number of rotatable bonds is 4. The number of piperidine rings is 1. The van der Waals surface area contributed by atoms with Gasteiger partial charge in [-0.3, -0.25) is 0 Å². The van der Waals surface area contributed by atoms with Crippen molar-refractivity contribution in [1.82, 2.24) is 4.90 Å². The first kappa shape index (κ1) is 14.0. The normalized spacial score (nSPS) is 17.4. The van der Waals surface area contributed by atoms with Crippen LogP contribution in [0.5, 0.6) is 5.75 Å². The fraction of sp³-hybridized carbons (Fsp3) is 0.600. The molecule has 1 aromatic carbocycles. The van der Waals surface area contributed by atoms with E-state index in [0.717, 1.165) is 23.7 Å². The van der Waals surface area contributed by atoms with Crippen molar-refractivity contribution >= 4 is 11.4 Å². The fourth-order valence-corrected chi connectivity index (χ4v) is 2.84. The Morgan fingerprint density at radius 1 is 1.37 bits per heavy atom. The Morgan fingerprint density at radius 2 is 2.05 bits per heavy atom. The van der Waals surface area contributed by atoms with E-state index in [1.54, 1.807) is 7.11 Å². The lowest BCUT2D eigenvalue weighted by Crippen LogP contribution is -2.43. The number of likely N-dealkylation sites (tertiary alicyclic amines) is 1. The monoisotopic (exact) mass is 263 g/mol. The van der Waals surface area contributed by atoms with Gasteiger partial charge in [-0.15, -0.1) is 0 Å². The zero-order valence-electron chi connectivity index (χ0n) is 12.2. The van der Waals surface area contributed by atoms with Gasteiger partial charge in [-0.05, 0) is 31.5 Å². The van der Waals surface area contributed by atoms with Gasteiger partial charge >= 0.3 is 0 Å². The van der Waals surface area contributed by atoms with Crippen molar-refractivity contribution in [2.24, 2.45) is 0 Å². The SMILES string of the molecule is CCN1CCC(N(C)c2cccc(OC)c2N)CC1. The Balaban J connectivity index is 2.10. The molecule has 0 radical (unpaired) electrons. The van der Waals surface area contributed by atoms with Crippen LogP contribution in [0, 0.1) is 0 Å². The van der Waals surface area contributed by atoms with Gasteiger partial charge in [0.2, 0.25) is 0 Å². The molecule has 0 aliphatic carbocycles. The summed E-state index contributed by atoms with van der Waals surface area (Å²) >= 11 is 0. The minimum absolute atomic E-state index is 0.567. The highest BCUT2D eigenvalue weighted by molar-refractivity contribution is 5.74. The first-order chi connectivity index (χ1) is 9.17. The molecule has 0 saturated carbocycles. The van der Waals surface area contributed by atoms with Gasteiger partial charge in [0.05, 0.1) is 18.5 Å². The maximum absolute atomic E-state index is 6.18. The average Bonchev–Trinajstić information content (AvgIpc) is 2.47. The van der Waals surface area contributed by atoms with Crippen molar-refractivity contribution in [3.05, 3.63) is 18.2 Å². The van der Waals surface area contributed by atoms with Crippen LogP contribution in [0.2, 0.25) is 0 Å². The standard InChI is InChI=1S/C15H25N3O/c1-4-18-10-8-12(9-11-18)17(2)13-6-5-7-14(19-3)15(13)16/h5-7,12H,4,8-11,16H2,1-3H3. The van der Waals surface area contributed by atoms with E-state index >= 15 is 0 Å². The fourth-order valence-electron chi connectivity index (χ4n) is 2.84. The van der Waals surface area contributed by atoms with Gasteiger partial charge in [-0.25, -0.2) is 0 Å². The number of hydrogen-bond acceptors (Lipinski definition) is 4. The molecule has 4 heteroatoms. The maximum Gasteiger partial charge on any atom is 0.143 e. The van der Waals surface area contributed by atoms with E-state index in [0.29, 0.717) is 6.04 Å². The van der Waals surface area contributed by atoms with Crippen LogP contribution in [0.3, 0.4) is 0 Å². The van der Waals surface area contributed by atoms with Crippen LogP contribution < -0.4 is 15.4 Å². The lowest BCUT2D eigenvalue weighted by molar-refractivity contribution is 0.221. The highest BCUT2D eigenvalue weighted by atomic mass is 16.5. The van der Waals surface area contributed by atoms with E-state index < -0.39 is 0 Å². The minimum Gasteiger partial charge on any atom is -0.495 e. The molecule has 19 heavy (non-hydrogen) atoms. The molecule has 0 unspecified atom stereocenters. The van der Waals surface area contributed by atoms with Crippen LogP contribution in [-0.4, -0.2) is 44.7 Å². The molecule has 2 N–H and O–H groups in total. The molecule has 1 aromatic rings. The summed E-state index contributed by atoms with van der Waals surface area (Å²) in [6.07, 6.45) is 2.39. The quantitative estimate of drug-likeness (QED) is 0.846. The van der Waals surface area contributed by atoms with E-state index in [4.69, 9.17) is 10.5 Å². The molecule has 0 spiro atoms. The molecule has 4 nitrogen and oxygen atoms in total. The molecule has 0 aromatic heterocycles. The van der Waals surface area contributed by atoms with Crippen LogP contribution in [-0.2, 0) is 0 Å². The van der Waals surface area contributed by atoms with Crippen molar-refractivity contribution in [3.8, 4) is 5.75 Å². The maximum atomic E-state index is 6.18. The Hall–Kier alpha value is -1.42. The first-order valence-electron chi connectivity index (χ1n) is 7.05. The second kappa shape index (κ2) is 6.15. The van der Waals surface area contributed by atoms with Crippen LogP contribution in [0.4, 0.5) is 11.4 Å². The number of para-hydroxylation sites is 1. The molecule has 1 aliphatic heterocycles. The number of hydrogen-bond donors (Lipinski definition) is 1. The van der Waals surface area contributed by atoms with Crippen molar-refractivity contribution in [3.63, 3.8) is 0 Å². The van der Waals surface area contributed by atoms with Crippen LogP contribution in [0.25, 0.3) is 0 Å². The van der Waals surface area contributed by atoms with Crippen LogP contribution in [0.15, 0.2) is 18.2 Å². The number of nitrogens with two attached hydrogens (primary N) is 1. The molecule has 0 atom stereocenters. The molecule has 1 fully saturated rings. The highest BCUT2D eigenvalue weighted by Gasteiger charge is 2.23. The first-order valence-corrected chi connectivity index (χ1v) is 7.05. The minimum atomic E-state index is 0.567. The third kappa shape index (κ3) is 2.95. The molecular formula is C15H25N3O. The smallest absolute Gasteiger partial charge is 0.143 e. The van der Waals surface area contributed by atoms with Gasteiger partial charge in [0.25, 0.3) is 0 Å². The predicted octanol–water partition coefficient (Wildman–Crippen LogP) is 2.20. The molecule has 1 aliphatic rings. The van der Waals surface area contributed by atoms with E-state index in [1.807, 2.05) is 12.1 Å². The highest BCUT2D eigenvalue weighted by Crippen LogP contribution is 2.33. The van der Waals surface area contributed by atoms with Gasteiger partial charge < -0.3 is 20.3 Å². The zero-order chi connectivity index (χ0) is 13.8. The summed E-state index contributed by atoms with van der Waals surface area (Å²) in [6, 6.07) is 6.55. The molecule has 0 bridgehead atoms. The van der Waals surface area contributed by atoms with Crippen molar-refractivity contribution in [2.75, 3.05) is 44.4 Å². The summed E-state index contributed by atoms with van der Waals surface area (Å²) in [7, 11) is 3.80. The molecule has 0 amide bonds. The second-order valence-electron chi connectivity index (χ2n) is 5.17. The van der Waals surface area contributed by atoms with E-state index in [-0.39, 0.29) is 0 Å². The van der Waals surface area contributed by atoms with Gasteiger partial charge in [0.15, 0.2) is 0 Å². The Kier molecular flexibility index (Phi) is 4.53. The Bertz CT molecular complexity index is 414. The molecular weight excluding hydrogens is 238 g/mol. The third-order valence-corrected chi connectivity index (χ3v) is 4.20. The van der Waals surface area contributed by atoms with Gasteiger partial charge in [-0.1, -0.05) is 13.0 Å². The summed E-state index contributed by atoms with van der Waals surface area (Å²) < 4.78 is 5.30. The van der Waals surface area contributed by atoms with Gasteiger partial charge in [-0.2, -0.15) is 0 Å². The van der Waals surface area contributed by atoms with E-state index in [1.165, 1.54) is 25.9 Å². The van der Waals surface area contributed by atoms with E-state index in [2.05, 4.69) is 29.8 Å². The summed E-state index contributed by atoms with van der Waals surface area (Å²) in [5.41, 5.74) is 8.00. The lowest BCUT2D eigenvalue weighted by Gasteiger charge is -2.38. The largest absolute Gasteiger partial charge is 0.495 e. The Morgan fingerprint density at radius 3 is 2.63 bits per heavy atom. The molecule has 1 saturated heterocycles. The van der Waals surface area contributed by atoms with Crippen LogP contribution in [0.1, 0.15) is 19.8 Å².